The molecule has 0 aliphatic heterocycles. The molecule has 0 aliphatic rings. The number of carbonyl (C=O) groups excluding carboxylic acids is 2. The second-order valence-corrected chi connectivity index (χ2v) is 4.60. The second kappa shape index (κ2) is 8.03. The van der Waals surface area contributed by atoms with Gasteiger partial charge in [-0.3, -0.25) is 4.79 Å². The second-order valence-electron chi connectivity index (χ2n) is 4.60. The molecule has 0 fully saturated rings. The molecule has 1 amide bonds. The number of amides is 1. The Morgan fingerprint density at radius 3 is 2.29 bits per heavy atom. The van der Waals surface area contributed by atoms with Crippen LogP contribution in [0.15, 0.2) is 0 Å². The molecular formula is C11H24N3O3+. The monoisotopic (exact) mass is 246 g/mol. The predicted molar refractivity (Wildman–Crippen MR) is 60.1 cm³/mol. The lowest BCUT2D eigenvalue weighted by Crippen LogP contribution is -2.69. The fourth-order valence-electron chi connectivity index (χ4n) is 1.47. The predicted octanol–water partition coefficient (Wildman–Crippen LogP) is -3.10. The van der Waals surface area contributed by atoms with Crippen molar-refractivity contribution in [1.82, 2.24) is 5.32 Å². The first kappa shape index (κ1) is 15.9. The third-order valence-electron chi connectivity index (χ3n) is 2.64. The minimum absolute atomic E-state index is 0.198. The zero-order chi connectivity index (χ0) is 13.4. The number of hydrogen-bond acceptors (Lipinski definition) is 3. The molecule has 0 heterocycles. The van der Waals surface area contributed by atoms with Gasteiger partial charge in [0.1, 0.15) is 0 Å². The van der Waals surface area contributed by atoms with Gasteiger partial charge in [0.2, 0.25) is 0 Å². The number of carbonyl (C=O) groups is 2. The average molecular weight is 246 g/mol. The van der Waals surface area contributed by atoms with Gasteiger partial charge in [-0.2, -0.15) is 0 Å². The summed E-state index contributed by atoms with van der Waals surface area (Å²) in [6.45, 7) is 4.28. The van der Waals surface area contributed by atoms with E-state index in [1.54, 1.807) is 13.8 Å². The normalized spacial score (nSPS) is 14.4. The summed E-state index contributed by atoms with van der Waals surface area (Å²) in [6.07, 6.45) is 2.48. The number of rotatable bonds is 8. The highest BCUT2D eigenvalue weighted by atomic mass is 16.4. The van der Waals surface area contributed by atoms with Gasteiger partial charge in [0, 0.05) is 6.42 Å². The highest BCUT2D eigenvalue weighted by Crippen LogP contribution is 2.02. The summed E-state index contributed by atoms with van der Waals surface area (Å²) in [5, 5.41) is 13.3. The molecule has 0 bridgehead atoms. The molecule has 0 unspecified atom stereocenters. The number of aliphatic carboxylic acids is 1. The molecule has 17 heavy (non-hydrogen) atoms. The van der Waals surface area contributed by atoms with Crippen molar-refractivity contribution in [3.05, 3.63) is 0 Å². The molecule has 2 atom stereocenters. The Hall–Kier alpha value is -1.14. The first-order chi connectivity index (χ1) is 7.90. The molecule has 0 aliphatic carbocycles. The molecule has 0 saturated heterocycles. The van der Waals surface area contributed by atoms with Gasteiger partial charge in [0.15, 0.2) is 6.04 Å². The molecule has 6 nitrogen and oxygen atoms in total. The number of unbranched alkanes of at least 4 members (excludes halogenated alkanes) is 1. The largest absolute Gasteiger partial charge is 0.548 e. The van der Waals surface area contributed by atoms with E-state index in [0.717, 1.165) is 19.4 Å². The van der Waals surface area contributed by atoms with Gasteiger partial charge in [-0.05, 0) is 18.8 Å². The van der Waals surface area contributed by atoms with E-state index in [1.165, 1.54) is 0 Å². The quantitative estimate of drug-likeness (QED) is 0.393. The van der Waals surface area contributed by atoms with Crippen LogP contribution in [-0.2, 0) is 9.59 Å². The van der Waals surface area contributed by atoms with Crippen molar-refractivity contribution < 1.29 is 26.2 Å². The van der Waals surface area contributed by atoms with E-state index in [1.807, 2.05) is 0 Å². The Morgan fingerprint density at radius 2 is 1.88 bits per heavy atom. The Labute approximate surface area is 102 Å². The standard InChI is InChI=1S/C11H23N3O3/c1-7(2)9(11(16)17)14-10(15)8(13)5-3-4-6-12/h7-9H,3-6,12-13H2,1-2H3,(H,14,15)(H,16,17)/p+1/t8-,9+/m1/s1. The smallest absolute Gasteiger partial charge is 0.278 e. The van der Waals surface area contributed by atoms with Gasteiger partial charge in [0.05, 0.1) is 18.6 Å². The summed E-state index contributed by atoms with van der Waals surface area (Å²) in [5.74, 6) is -1.77. The summed E-state index contributed by atoms with van der Waals surface area (Å²) in [4.78, 5) is 22.5. The minimum Gasteiger partial charge on any atom is -0.548 e. The Morgan fingerprint density at radius 1 is 1.29 bits per heavy atom. The van der Waals surface area contributed by atoms with E-state index >= 15 is 0 Å². The van der Waals surface area contributed by atoms with Gasteiger partial charge in [-0.25, -0.2) is 0 Å². The van der Waals surface area contributed by atoms with Gasteiger partial charge in [-0.15, -0.1) is 0 Å². The molecule has 0 radical (unpaired) electrons. The summed E-state index contributed by atoms with van der Waals surface area (Å²) in [7, 11) is 0. The summed E-state index contributed by atoms with van der Waals surface area (Å²) >= 11 is 0. The topological polar surface area (TPSA) is 125 Å². The Bertz CT molecular complexity index is 256. The van der Waals surface area contributed by atoms with Crippen molar-refractivity contribution in [1.29, 1.82) is 0 Å². The van der Waals surface area contributed by atoms with Crippen LogP contribution in [0.5, 0.6) is 0 Å². The lowest BCUT2D eigenvalue weighted by molar-refractivity contribution is -0.406. The third kappa shape index (κ3) is 6.23. The Balaban J connectivity index is 4.16. The lowest BCUT2D eigenvalue weighted by atomic mass is 10.0. The third-order valence-corrected chi connectivity index (χ3v) is 2.64. The van der Waals surface area contributed by atoms with E-state index in [0.29, 0.717) is 6.42 Å². The number of quaternary nitrogens is 2. The summed E-state index contributed by atoms with van der Waals surface area (Å²) in [5.41, 5.74) is 7.45. The van der Waals surface area contributed by atoms with Crippen molar-refractivity contribution in [3.8, 4) is 0 Å². The number of hydrogen-bond donors (Lipinski definition) is 3. The molecule has 0 spiro atoms. The lowest BCUT2D eigenvalue weighted by Gasteiger charge is -2.23. The van der Waals surface area contributed by atoms with Crippen molar-refractivity contribution in [3.63, 3.8) is 0 Å². The molecule has 0 saturated carbocycles. The van der Waals surface area contributed by atoms with Crippen LogP contribution in [0.2, 0.25) is 0 Å². The first-order valence-corrected chi connectivity index (χ1v) is 6.03. The van der Waals surface area contributed by atoms with E-state index < -0.39 is 18.1 Å². The van der Waals surface area contributed by atoms with Gasteiger partial charge >= 0.3 is 0 Å². The molecule has 0 aromatic rings. The highest BCUT2D eigenvalue weighted by Gasteiger charge is 2.23. The van der Waals surface area contributed by atoms with Gasteiger partial charge in [-0.1, -0.05) is 13.8 Å². The molecule has 7 N–H and O–H groups in total. The maximum atomic E-state index is 11.7. The Kier molecular flexibility index (Phi) is 7.49. The fraction of sp³-hybridized carbons (Fsp3) is 0.818. The molecule has 6 heteroatoms. The van der Waals surface area contributed by atoms with Gasteiger partial charge in [0.25, 0.3) is 5.91 Å². The SMILES string of the molecule is CC(C)[C@H](NC(=O)[C@H]([NH3+])CCCC[NH3+])C(=O)[O-]. The van der Waals surface area contributed by atoms with Crippen molar-refractivity contribution in [2.75, 3.05) is 6.54 Å². The van der Waals surface area contributed by atoms with Crippen LogP contribution in [0, 0.1) is 5.92 Å². The zero-order valence-corrected chi connectivity index (χ0v) is 10.7. The van der Waals surface area contributed by atoms with E-state index in [-0.39, 0.29) is 11.8 Å². The number of nitrogens with one attached hydrogen (secondary N) is 1. The zero-order valence-electron chi connectivity index (χ0n) is 10.7. The molecule has 0 rings (SSSR count). The molecular weight excluding hydrogens is 222 g/mol. The number of carboxylic acids is 1. The van der Waals surface area contributed by atoms with Crippen molar-refractivity contribution in [2.24, 2.45) is 5.92 Å². The minimum atomic E-state index is -1.25. The van der Waals surface area contributed by atoms with Crippen LogP contribution in [-0.4, -0.2) is 30.5 Å². The van der Waals surface area contributed by atoms with Crippen LogP contribution in [0.1, 0.15) is 33.1 Å². The van der Waals surface area contributed by atoms with Crippen molar-refractivity contribution in [2.45, 2.75) is 45.2 Å². The maximum absolute atomic E-state index is 11.7. The first-order valence-electron chi connectivity index (χ1n) is 6.03. The van der Waals surface area contributed by atoms with Crippen LogP contribution in [0.3, 0.4) is 0 Å². The highest BCUT2D eigenvalue weighted by molar-refractivity contribution is 5.85. The number of carboxylic acid groups (broad SMARTS) is 1. The van der Waals surface area contributed by atoms with Crippen LogP contribution in [0.4, 0.5) is 0 Å². The van der Waals surface area contributed by atoms with Gasteiger partial charge < -0.3 is 26.7 Å². The van der Waals surface area contributed by atoms with Crippen LogP contribution >= 0.6 is 0 Å². The van der Waals surface area contributed by atoms with Crippen LogP contribution < -0.4 is 21.9 Å². The average Bonchev–Trinajstić information content (AvgIpc) is 2.24. The molecule has 0 aromatic heterocycles. The summed E-state index contributed by atoms with van der Waals surface area (Å²) < 4.78 is 0. The van der Waals surface area contributed by atoms with E-state index in [4.69, 9.17) is 0 Å². The molecule has 0 aromatic carbocycles. The molecule has 100 valence electrons. The van der Waals surface area contributed by atoms with E-state index in [9.17, 15) is 14.7 Å². The maximum Gasteiger partial charge on any atom is 0.278 e. The van der Waals surface area contributed by atoms with Crippen molar-refractivity contribution >= 4 is 11.9 Å². The van der Waals surface area contributed by atoms with E-state index in [2.05, 4.69) is 16.8 Å². The fourth-order valence-corrected chi connectivity index (χ4v) is 1.47. The van der Waals surface area contributed by atoms with Crippen LogP contribution in [0.25, 0.3) is 0 Å². The summed E-state index contributed by atoms with van der Waals surface area (Å²) in [6, 6.07) is -1.36.